The van der Waals surface area contributed by atoms with Gasteiger partial charge in [-0.2, -0.15) is 0 Å². The van der Waals surface area contributed by atoms with E-state index in [0.29, 0.717) is 11.5 Å². The first kappa shape index (κ1) is 18.8. The van der Waals surface area contributed by atoms with E-state index in [2.05, 4.69) is 15.6 Å². The molecule has 1 aromatic carbocycles. The van der Waals surface area contributed by atoms with Crippen LogP contribution in [0.25, 0.3) is 0 Å². The second kappa shape index (κ2) is 7.00. The van der Waals surface area contributed by atoms with Crippen molar-refractivity contribution in [2.75, 3.05) is 10.6 Å². The monoisotopic (exact) mass is 387 g/mol. The van der Waals surface area contributed by atoms with Crippen molar-refractivity contribution in [3.05, 3.63) is 53.2 Å². The van der Waals surface area contributed by atoms with Gasteiger partial charge in [-0.1, -0.05) is 31.5 Å². The second-order valence-corrected chi connectivity index (χ2v) is 7.38. The summed E-state index contributed by atoms with van der Waals surface area (Å²) in [6.07, 6.45) is 1.56. The maximum absolute atomic E-state index is 12.4. The molecule has 1 saturated carbocycles. The van der Waals surface area contributed by atoms with Gasteiger partial charge >= 0.3 is 5.97 Å². The summed E-state index contributed by atoms with van der Waals surface area (Å²) >= 11 is 6.18. The Labute approximate surface area is 160 Å². The van der Waals surface area contributed by atoms with E-state index in [0.717, 1.165) is 0 Å². The number of nitrogens with one attached hydrogen (secondary N) is 2. The van der Waals surface area contributed by atoms with Crippen LogP contribution < -0.4 is 10.6 Å². The van der Waals surface area contributed by atoms with Crippen LogP contribution in [0.2, 0.25) is 5.02 Å². The number of pyridine rings is 1. The van der Waals surface area contributed by atoms with Crippen molar-refractivity contribution < 1.29 is 19.5 Å². The summed E-state index contributed by atoms with van der Waals surface area (Å²) in [6.45, 7) is 3.49. The molecule has 140 valence electrons. The number of aromatic nitrogens is 1. The van der Waals surface area contributed by atoms with Crippen LogP contribution >= 0.6 is 11.6 Å². The minimum Gasteiger partial charge on any atom is -0.481 e. The molecule has 3 rings (SSSR count). The molecule has 0 aliphatic heterocycles. The Balaban J connectivity index is 1.69. The molecule has 1 heterocycles. The molecule has 2 aromatic rings. The summed E-state index contributed by atoms with van der Waals surface area (Å²) in [7, 11) is 0. The number of hydrogen-bond donors (Lipinski definition) is 3. The first-order chi connectivity index (χ1) is 12.7. The van der Waals surface area contributed by atoms with Crippen LogP contribution in [-0.2, 0) is 9.59 Å². The highest BCUT2D eigenvalue weighted by Gasteiger charge is 2.65. The smallest absolute Gasteiger partial charge is 0.307 e. The fourth-order valence-corrected chi connectivity index (χ4v) is 3.47. The molecule has 0 spiro atoms. The molecule has 0 bridgehead atoms. The first-order valence-electron chi connectivity index (χ1n) is 8.27. The molecule has 0 saturated heterocycles. The normalized spacial score (nSPS) is 19.8. The van der Waals surface area contributed by atoms with Crippen molar-refractivity contribution in [3.63, 3.8) is 0 Å². The Morgan fingerprint density at radius 3 is 2.41 bits per heavy atom. The van der Waals surface area contributed by atoms with Gasteiger partial charge in [0.25, 0.3) is 5.91 Å². The number of aliphatic carboxylic acids is 1. The van der Waals surface area contributed by atoms with E-state index in [-0.39, 0.29) is 16.5 Å². The zero-order valence-corrected chi connectivity index (χ0v) is 15.4. The van der Waals surface area contributed by atoms with E-state index in [4.69, 9.17) is 11.6 Å². The molecule has 1 aliphatic carbocycles. The SMILES string of the molecule is CC1(C)C(C(=O)O)C1C(=O)Nc1ccc(C(=O)Nc2ccccn2)c(Cl)c1. The zero-order chi connectivity index (χ0) is 19.8. The number of nitrogens with zero attached hydrogens (tertiary/aromatic N) is 1. The summed E-state index contributed by atoms with van der Waals surface area (Å²) in [5, 5.41) is 14.6. The maximum Gasteiger partial charge on any atom is 0.307 e. The molecule has 0 radical (unpaired) electrons. The van der Waals surface area contributed by atoms with E-state index in [9.17, 15) is 19.5 Å². The maximum atomic E-state index is 12.4. The summed E-state index contributed by atoms with van der Waals surface area (Å²) < 4.78 is 0. The van der Waals surface area contributed by atoms with Crippen molar-refractivity contribution in [1.82, 2.24) is 4.98 Å². The Morgan fingerprint density at radius 1 is 1.11 bits per heavy atom. The Bertz CT molecular complexity index is 914. The fraction of sp³-hybridized carbons (Fsp3) is 0.263. The van der Waals surface area contributed by atoms with Crippen LogP contribution in [0, 0.1) is 17.3 Å². The lowest BCUT2D eigenvalue weighted by molar-refractivity contribution is -0.140. The molecule has 27 heavy (non-hydrogen) atoms. The predicted molar refractivity (Wildman–Crippen MR) is 101 cm³/mol. The third-order valence-electron chi connectivity index (χ3n) is 4.76. The minimum atomic E-state index is -0.986. The third kappa shape index (κ3) is 3.78. The molecule has 7 nitrogen and oxygen atoms in total. The highest BCUT2D eigenvalue weighted by molar-refractivity contribution is 6.34. The Kier molecular flexibility index (Phi) is 4.89. The van der Waals surface area contributed by atoms with E-state index in [1.165, 1.54) is 12.1 Å². The van der Waals surface area contributed by atoms with Gasteiger partial charge in [-0.3, -0.25) is 14.4 Å². The van der Waals surface area contributed by atoms with Gasteiger partial charge in [0, 0.05) is 11.9 Å². The number of carboxylic acids is 1. The van der Waals surface area contributed by atoms with Crippen molar-refractivity contribution in [2.45, 2.75) is 13.8 Å². The van der Waals surface area contributed by atoms with Crippen LogP contribution in [0.15, 0.2) is 42.6 Å². The van der Waals surface area contributed by atoms with Gasteiger partial charge in [-0.05, 0) is 35.7 Å². The number of anilines is 2. The summed E-state index contributed by atoms with van der Waals surface area (Å²) in [5.41, 5.74) is 0.0316. The molecular formula is C19H18ClN3O4. The Hall–Kier alpha value is -2.93. The van der Waals surface area contributed by atoms with Crippen molar-refractivity contribution in [2.24, 2.45) is 17.3 Å². The van der Waals surface area contributed by atoms with Crippen LogP contribution in [0.5, 0.6) is 0 Å². The quantitative estimate of drug-likeness (QED) is 0.729. The van der Waals surface area contributed by atoms with E-state index in [1.807, 2.05) is 0 Å². The van der Waals surface area contributed by atoms with Gasteiger partial charge in [0.05, 0.1) is 22.4 Å². The molecule has 1 aromatic heterocycles. The molecular weight excluding hydrogens is 370 g/mol. The van der Waals surface area contributed by atoms with Crippen molar-refractivity contribution >= 4 is 40.9 Å². The molecule has 2 amide bonds. The standard InChI is InChI=1S/C19H18ClN3O4/c1-19(2)14(15(19)18(26)27)17(25)22-10-6-7-11(12(20)9-10)16(24)23-13-5-3-4-8-21-13/h3-9,14-15H,1-2H3,(H,22,25)(H,26,27)(H,21,23,24). The number of carbonyl (C=O) groups is 3. The van der Waals surface area contributed by atoms with Crippen LogP contribution in [0.1, 0.15) is 24.2 Å². The molecule has 8 heteroatoms. The van der Waals surface area contributed by atoms with Gasteiger partial charge in [-0.25, -0.2) is 4.98 Å². The molecule has 3 N–H and O–H groups in total. The predicted octanol–water partition coefficient (Wildman–Crippen LogP) is 3.28. The van der Waals surface area contributed by atoms with Crippen LogP contribution in [-0.4, -0.2) is 27.9 Å². The molecule has 2 unspecified atom stereocenters. The number of benzene rings is 1. The fourth-order valence-electron chi connectivity index (χ4n) is 3.21. The minimum absolute atomic E-state index is 0.158. The lowest BCUT2D eigenvalue weighted by Crippen LogP contribution is -2.18. The van der Waals surface area contributed by atoms with E-state index < -0.39 is 29.1 Å². The van der Waals surface area contributed by atoms with Crippen LogP contribution in [0.4, 0.5) is 11.5 Å². The highest BCUT2D eigenvalue weighted by atomic mass is 35.5. The largest absolute Gasteiger partial charge is 0.481 e. The lowest BCUT2D eigenvalue weighted by Gasteiger charge is -2.10. The highest BCUT2D eigenvalue weighted by Crippen LogP contribution is 2.58. The second-order valence-electron chi connectivity index (χ2n) is 6.97. The van der Waals surface area contributed by atoms with Gasteiger partial charge in [-0.15, -0.1) is 0 Å². The van der Waals surface area contributed by atoms with Gasteiger partial charge in [0.15, 0.2) is 0 Å². The van der Waals surface area contributed by atoms with Crippen molar-refractivity contribution in [1.29, 1.82) is 0 Å². The van der Waals surface area contributed by atoms with Gasteiger partial charge in [0.1, 0.15) is 5.82 Å². The van der Waals surface area contributed by atoms with Crippen molar-refractivity contribution in [3.8, 4) is 0 Å². The Morgan fingerprint density at radius 2 is 1.85 bits per heavy atom. The summed E-state index contributed by atoms with van der Waals surface area (Å²) in [5.74, 6) is -2.72. The number of carboxylic acid groups (broad SMARTS) is 1. The summed E-state index contributed by atoms with van der Waals surface area (Å²) in [6, 6.07) is 9.61. The number of amides is 2. The van der Waals surface area contributed by atoms with E-state index in [1.54, 1.807) is 44.3 Å². The van der Waals surface area contributed by atoms with Gasteiger partial charge in [0.2, 0.25) is 5.91 Å². The summed E-state index contributed by atoms with van der Waals surface area (Å²) in [4.78, 5) is 39.9. The average Bonchev–Trinajstić information content (AvgIpc) is 3.18. The number of halogens is 1. The topological polar surface area (TPSA) is 108 Å². The lowest BCUT2D eigenvalue weighted by atomic mass is 10.1. The van der Waals surface area contributed by atoms with Gasteiger partial charge < -0.3 is 15.7 Å². The van der Waals surface area contributed by atoms with Crippen LogP contribution in [0.3, 0.4) is 0 Å². The molecule has 1 fully saturated rings. The molecule has 2 atom stereocenters. The third-order valence-corrected chi connectivity index (χ3v) is 5.08. The molecule has 1 aliphatic rings. The number of rotatable bonds is 5. The number of hydrogen-bond acceptors (Lipinski definition) is 4. The average molecular weight is 388 g/mol. The van der Waals surface area contributed by atoms with E-state index >= 15 is 0 Å². The first-order valence-corrected chi connectivity index (χ1v) is 8.65. The number of carbonyl (C=O) groups excluding carboxylic acids is 2. The zero-order valence-electron chi connectivity index (χ0n) is 14.7.